The fraction of sp³-hybridized carbons (Fsp3) is 0.158. The number of nitrogens with one attached hydrogen (secondary N) is 1. The standard InChI is InChI=1S/C19H20N4O/c20-19(24)18(15-7-3-1-4-8-15)21-13-11-16-12-14-23(22-16)17-9-5-2-6-10-17/h1-10,12,14,18,21H,11,13H2,(H2,20,24)/t18-/m0/s1. The first-order valence-electron chi connectivity index (χ1n) is 7.91. The van der Waals surface area contributed by atoms with Crippen LogP contribution in [0.2, 0.25) is 0 Å². The lowest BCUT2D eigenvalue weighted by Crippen LogP contribution is -2.34. The molecule has 0 bridgehead atoms. The van der Waals surface area contributed by atoms with Crippen molar-refractivity contribution in [3.63, 3.8) is 0 Å². The van der Waals surface area contributed by atoms with Crippen LogP contribution in [-0.2, 0) is 11.2 Å². The average Bonchev–Trinajstić information content (AvgIpc) is 3.09. The number of hydrogen-bond acceptors (Lipinski definition) is 3. The summed E-state index contributed by atoms with van der Waals surface area (Å²) in [7, 11) is 0. The third kappa shape index (κ3) is 3.88. The molecule has 5 nitrogen and oxygen atoms in total. The Morgan fingerprint density at radius 2 is 1.71 bits per heavy atom. The van der Waals surface area contributed by atoms with Gasteiger partial charge in [0.2, 0.25) is 5.91 Å². The number of para-hydroxylation sites is 1. The first-order valence-corrected chi connectivity index (χ1v) is 7.91. The molecule has 0 radical (unpaired) electrons. The smallest absolute Gasteiger partial charge is 0.239 e. The average molecular weight is 320 g/mol. The van der Waals surface area contributed by atoms with E-state index in [4.69, 9.17) is 5.73 Å². The van der Waals surface area contributed by atoms with Crippen molar-refractivity contribution in [2.24, 2.45) is 5.73 Å². The maximum atomic E-state index is 11.7. The molecule has 0 spiro atoms. The molecule has 122 valence electrons. The second kappa shape index (κ2) is 7.57. The zero-order valence-electron chi connectivity index (χ0n) is 13.3. The van der Waals surface area contributed by atoms with Gasteiger partial charge in [-0.15, -0.1) is 0 Å². The summed E-state index contributed by atoms with van der Waals surface area (Å²) in [5.74, 6) is -0.379. The quantitative estimate of drug-likeness (QED) is 0.701. The molecule has 0 unspecified atom stereocenters. The number of primary amides is 1. The van der Waals surface area contributed by atoms with Crippen molar-refractivity contribution in [2.75, 3.05) is 6.54 Å². The molecule has 1 amide bonds. The molecule has 0 aliphatic rings. The van der Waals surface area contributed by atoms with E-state index in [2.05, 4.69) is 10.4 Å². The van der Waals surface area contributed by atoms with E-state index in [-0.39, 0.29) is 5.91 Å². The maximum Gasteiger partial charge on any atom is 0.239 e. The van der Waals surface area contributed by atoms with E-state index in [1.165, 1.54) is 0 Å². The van der Waals surface area contributed by atoms with Gasteiger partial charge in [0, 0.05) is 19.2 Å². The van der Waals surface area contributed by atoms with Crippen LogP contribution in [0.1, 0.15) is 17.3 Å². The molecule has 1 heterocycles. The SMILES string of the molecule is NC(=O)[C@@H](NCCc1ccn(-c2ccccc2)n1)c1ccccc1. The summed E-state index contributed by atoms with van der Waals surface area (Å²) in [4.78, 5) is 11.7. The molecule has 0 saturated carbocycles. The van der Waals surface area contributed by atoms with Crippen LogP contribution in [0.4, 0.5) is 0 Å². The highest BCUT2D eigenvalue weighted by atomic mass is 16.1. The van der Waals surface area contributed by atoms with Gasteiger partial charge in [-0.05, 0) is 23.8 Å². The van der Waals surface area contributed by atoms with E-state index >= 15 is 0 Å². The summed E-state index contributed by atoms with van der Waals surface area (Å²) in [6.45, 7) is 0.619. The Labute approximate surface area is 141 Å². The number of hydrogen-bond donors (Lipinski definition) is 2. The van der Waals surface area contributed by atoms with Gasteiger partial charge >= 0.3 is 0 Å². The number of nitrogens with two attached hydrogens (primary N) is 1. The Kier molecular flexibility index (Phi) is 5.03. The number of carbonyl (C=O) groups excluding carboxylic acids is 1. The predicted octanol–water partition coefficient (Wildman–Crippen LogP) is 2.23. The molecule has 24 heavy (non-hydrogen) atoms. The lowest BCUT2D eigenvalue weighted by Gasteiger charge is -2.15. The number of nitrogens with zero attached hydrogens (tertiary/aromatic N) is 2. The fourth-order valence-electron chi connectivity index (χ4n) is 2.59. The minimum Gasteiger partial charge on any atom is -0.368 e. The minimum atomic E-state index is -0.484. The summed E-state index contributed by atoms with van der Waals surface area (Å²) in [5.41, 5.74) is 8.37. The lowest BCUT2D eigenvalue weighted by atomic mass is 10.1. The second-order valence-electron chi connectivity index (χ2n) is 5.54. The Hall–Kier alpha value is -2.92. The number of benzene rings is 2. The van der Waals surface area contributed by atoms with Gasteiger partial charge in [0.05, 0.1) is 11.4 Å². The molecule has 0 saturated heterocycles. The van der Waals surface area contributed by atoms with Crippen LogP contribution >= 0.6 is 0 Å². The number of rotatable bonds is 7. The van der Waals surface area contributed by atoms with Gasteiger partial charge in [-0.25, -0.2) is 4.68 Å². The van der Waals surface area contributed by atoms with Crippen molar-refractivity contribution in [2.45, 2.75) is 12.5 Å². The molecular weight excluding hydrogens is 300 g/mol. The predicted molar refractivity (Wildman–Crippen MR) is 93.6 cm³/mol. The van der Waals surface area contributed by atoms with E-state index < -0.39 is 6.04 Å². The van der Waals surface area contributed by atoms with E-state index in [1.54, 1.807) is 0 Å². The molecule has 0 fully saturated rings. The molecule has 2 aromatic carbocycles. The van der Waals surface area contributed by atoms with Crippen molar-refractivity contribution in [1.82, 2.24) is 15.1 Å². The molecule has 5 heteroatoms. The monoisotopic (exact) mass is 320 g/mol. The molecule has 0 aliphatic heterocycles. The van der Waals surface area contributed by atoms with E-state index in [1.807, 2.05) is 77.6 Å². The fourth-order valence-corrected chi connectivity index (χ4v) is 2.59. The molecule has 3 N–H and O–H groups in total. The van der Waals surface area contributed by atoms with Crippen LogP contribution in [0.5, 0.6) is 0 Å². The zero-order valence-corrected chi connectivity index (χ0v) is 13.3. The summed E-state index contributed by atoms with van der Waals surface area (Å²) < 4.78 is 1.85. The van der Waals surface area contributed by atoms with Gasteiger partial charge in [-0.1, -0.05) is 48.5 Å². The summed E-state index contributed by atoms with van der Waals surface area (Å²) in [6.07, 6.45) is 2.66. The first-order chi connectivity index (χ1) is 11.7. The molecule has 3 aromatic rings. The highest BCUT2D eigenvalue weighted by Crippen LogP contribution is 2.12. The third-order valence-electron chi connectivity index (χ3n) is 3.81. The molecule has 3 rings (SSSR count). The highest BCUT2D eigenvalue weighted by molar-refractivity contribution is 5.81. The molecule has 1 atom stereocenters. The van der Waals surface area contributed by atoms with E-state index in [0.29, 0.717) is 6.54 Å². The minimum absolute atomic E-state index is 0.379. The van der Waals surface area contributed by atoms with Gasteiger partial charge in [-0.3, -0.25) is 4.79 Å². The largest absolute Gasteiger partial charge is 0.368 e. The van der Waals surface area contributed by atoms with Crippen LogP contribution in [-0.4, -0.2) is 22.2 Å². The van der Waals surface area contributed by atoms with Crippen molar-refractivity contribution < 1.29 is 4.79 Å². The Balaban J connectivity index is 1.60. The summed E-state index contributed by atoms with van der Waals surface area (Å²) >= 11 is 0. The van der Waals surface area contributed by atoms with Crippen LogP contribution in [0.15, 0.2) is 72.9 Å². The van der Waals surface area contributed by atoms with Gasteiger partial charge < -0.3 is 11.1 Å². The van der Waals surface area contributed by atoms with E-state index in [9.17, 15) is 4.79 Å². The number of amides is 1. The van der Waals surface area contributed by atoms with Crippen LogP contribution in [0.25, 0.3) is 5.69 Å². The Morgan fingerprint density at radius 1 is 1.04 bits per heavy atom. The Morgan fingerprint density at radius 3 is 2.38 bits per heavy atom. The van der Waals surface area contributed by atoms with Gasteiger partial charge in [0.25, 0.3) is 0 Å². The third-order valence-corrected chi connectivity index (χ3v) is 3.81. The highest BCUT2D eigenvalue weighted by Gasteiger charge is 2.16. The van der Waals surface area contributed by atoms with Crippen molar-refractivity contribution in [1.29, 1.82) is 0 Å². The van der Waals surface area contributed by atoms with Crippen LogP contribution < -0.4 is 11.1 Å². The van der Waals surface area contributed by atoms with Gasteiger partial charge in [-0.2, -0.15) is 5.10 Å². The lowest BCUT2D eigenvalue weighted by molar-refractivity contribution is -0.120. The molecule has 0 aliphatic carbocycles. The summed E-state index contributed by atoms with van der Waals surface area (Å²) in [5, 5.41) is 7.76. The van der Waals surface area contributed by atoms with Crippen molar-refractivity contribution in [3.05, 3.63) is 84.2 Å². The van der Waals surface area contributed by atoms with Gasteiger partial charge in [0.15, 0.2) is 0 Å². The second-order valence-corrected chi connectivity index (χ2v) is 5.54. The van der Waals surface area contributed by atoms with Crippen molar-refractivity contribution >= 4 is 5.91 Å². The Bertz CT molecular complexity index is 783. The normalized spacial score (nSPS) is 12.0. The van der Waals surface area contributed by atoms with Crippen LogP contribution in [0, 0.1) is 0 Å². The van der Waals surface area contributed by atoms with Gasteiger partial charge in [0.1, 0.15) is 6.04 Å². The maximum absolute atomic E-state index is 11.7. The number of carbonyl (C=O) groups is 1. The molecular formula is C19H20N4O. The molecule has 1 aromatic heterocycles. The summed E-state index contributed by atoms with van der Waals surface area (Å²) in [6, 6.07) is 21.0. The van der Waals surface area contributed by atoms with Crippen molar-refractivity contribution in [3.8, 4) is 5.69 Å². The first kappa shape index (κ1) is 16.0. The van der Waals surface area contributed by atoms with E-state index in [0.717, 1.165) is 23.4 Å². The topological polar surface area (TPSA) is 72.9 Å². The number of aromatic nitrogens is 2. The van der Waals surface area contributed by atoms with Crippen LogP contribution in [0.3, 0.4) is 0 Å². The zero-order chi connectivity index (χ0) is 16.8.